The predicted octanol–water partition coefficient (Wildman–Crippen LogP) is 2.17. The van der Waals surface area contributed by atoms with Gasteiger partial charge in [-0.25, -0.2) is 0 Å². The standard InChI is InChI=1S/C17H17ClN6O5/c1-10-14(18)15(24(26)27)21-23(10)9-13-20-17(29-22-13)16(25)19-8-7-11-5-3-4-6-12(11)28-2/h3-6H,7-9H2,1-2H3,(H,19,25). The highest BCUT2D eigenvalue weighted by atomic mass is 35.5. The molecule has 1 N–H and O–H groups in total. The van der Waals surface area contributed by atoms with Gasteiger partial charge in [-0.15, -0.1) is 0 Å². The Morgan fingerprint density at radius 2 is 2.17 bits per heavy atom. The molecule has 12 heteroatoms. The van der Waals surface area contributed by atoms with Gasteiger partial charge in [-0.05, 0) is 29.9 Å². The third kappa shape index (κ3) is 4.51. The van der Waals surface area contributed by atoms with Crippen molar-refractivity contribution in [2.24, 2.45) is 0 Å². The largest absolute Gasteiger partial charge is 0.496 e. The van der Waals surface area contributed by atoms with E-state index < -0.39 is 16.6 Å². The number of hydrogen-bond acceptors (Lipinski definition) is 8. The van der Waals surface area contributed by atoms with Crippen LogP contribution in [0.2, 0.25) is 5.02 Å². The molecule has 2 aromatic heterocycles. The van der Waals surface area contributed by atoms with Crippen LogP contribution >= 0.6 is 11.6 Å². The molecule has 2 heterocycles. The molecule has 0 saturated heterocycles. The lowest BCUT2D eigenvalue weighted by atomic mass is 10.1. The monoisotopic (exact) mass is 420 g/mol. The van der Waals surface area contributed by atoms with E-state index in [1.165, 1.54) is 4.68 Å². The van der Waals surface area contributed by atoms with Gasteiger partial charge >= 0.3 is 17.6 Å². The van der Waals surface area contributed by atoms with Crippen molar-refractivity contribution < 1.29 is 19.0 Å². The molecule has 0 spiro atoms. The van der Waals surface area contributed by atoms with Crippen molar-refractivity contribution in [1.82, 2.24) is 25.2 Å². The topological polar surface area (TPSA) is 138 Å². The van der Waals surface area contributed by atoms with Crippen molar-refractivity contribution in [3.8, 4) is 5.75 Å². The van der Waals surface area contributed by atoms with Crippen LogP contribution in [-0.2, 0) is 13.0 Å². The molecule has 0 unspecified atom stereocenters. The predicted molar refractivity (Wildman–Crippen MR) is 101 cm³/mol. The Morgan fingerprint density at radius 1 is 1.41 bits per heavy atom. The average molecular weight is 421 g/mol. The van der Waals surface area contributed by atoms with Crippen molar-refractivity contribution in [1.29, 1.82) is 0 Å². The molecule has 29 heavy (non-hydrogen) atoms. The third-order valence-corrected chi connectivity index (χ3v) is 4.56. The molecule has 0 aliphatic rings. The van der Waals surface area contributed by atoms with Gasteiger partial charge in [0, 0.05) is 6.54 Å². The summed E-state index contributed by atoms with van der Waals surface area (Å²) < 4.78 is 11.5. The molecule has 0 saturated carbocycles. The van der Waals surface area contributed by atoms with Crippen LogP contribution in [0, 0.1) is 17.0 Å². The number of methoxy groups -OCH3 is 1. The first-order valence-corrected chi connectivity index (χ1v) is 8.88. The van der Waals surface area contributed by atoms with Crippen molar-refractivity contribution in [2.45, 2.75) is 19.9 Å². The number of benzene rings is 1. The van der Waals surface area contributed by atoms with E-state index in [2.05, 4.69) is 20.6 Å². The Bertz CT molecular complexity index is 1050. The number of carbonyl (C=O) groups is 1. The van der Waals surface area contributed by atoms with E-state index in [4.69, 9.17) is 20.9 Å². The van der Waals surface area contributed by atoms with E-state index in [1.807, 2.05) is 24.3 Å². The Labute approximate surface area is 169 Å². The van der Waals surface area contributed by atoms with Crippen LogP contribution in [0.5, 0.6) is 5.75 Å². The molecule has 0 aliphatic carbocycles. The Balaban J connectivity index is 1.60. The zero-order valence-corrected chi connectivity index (χ0v) is 16.3. The molecule has 0 radical (unpaired) electrons. The maximum Gasteiger partial charge on any atom is 0.408 e. The molecule has 0 bridgehead atoms. The molecule has 3 aromatic rings. The normalized spacial score (nSPS) is 10.7. The first-order valence-electron chi connectivity index (χ1n) is 8.50. The summed E-state index contributed by atoms with van der Waals surface area (Å²) in [6, 6.07) is 7.50. The lowest BCUT2D eigenvalue weighted by Crippen LogP contribution is -2.26. The summed E-state index contributed by atoms with van der Waals surface area (Å²) in [5, 5.41) is 21.1. The molecule has 3 rings (SSSR count). The van der Waals surface area contributed by atoms with Crippen LogP contribution in [-0.4, -0.2) is 44.4 Å². The van der Waals surface area contributed by atoms with Crippen molar-refractivity contribution in [3.05, 3.63) is 62.4 Å². The van der Waals surface area contributed by atoms with Crippen LogP contribution in [0.4, 0.5) is 5.82 Å². The number of nitrogens with zero attached hydrogens (tertiary/aromatic N) is 5. The zero-order chi connectivity index (χ0) is 21.0. The van der Waals surface area contributed by atoms with E-state index in [1.54, 1.807) is 14.0 Å². The average Bonchev–Trinajstić information content (AvgIpc) is 3.29. The number of hydrogen-bond donors (Lipinski definition) is 1. The van der Waals surface area contributed by atoms with E-state index in [-0.39, 0.29) is 23.3 Å². The Hall–Kier alpha value is -3.47. The minimum absolute atomic E-state index is 0.0304. The van der Waals surface area contributed by atoms with Crippen LogP contribution in [0.15, 0.2) is 28.8 Å². The third-order valence-electron chi connectivity index (χ3n) is 4.12. The Morgan fingerprint density at radius 3 is 2.86 bits per heavy atom. The zero-order valence-electron chi connectivity index (χ0n) is 15.6. The van der Waals surface area contributed by atoms with E-state index in [0.29, 0.717) is 18.7 Å². The van der Waals surface area contributed by atoms with E-state index in [0.717, 1.165) is 11.3 Å². The maximum absolute atomic E-state index is 12.2. The number of amides is 1. The number of halogens is 1. The lowest BCUT2D eigenvalue weighted by Gasteiger charge is -2.07. The molecular weight excluding hydrogens is 404 g/mol. The van der Waals surface area contributed by atoms with Gasteiger partial charge in [0.15, 0.2) is 10.8 Å². The molecule has 1 amide bonds. The highest BCUT2D eigenvalue weighted by Gasteiger charge is 2.25. The molecule has 11 nitrogen and oxygen atoms in total. The number of ether oxygens (including phenoxy) is 1. The van der Waals surface area contributed by atoms with Gasteiger partial charge in [-0.1, -0.05) is 35.0 Å². The fourth-order valence-electron chi connectivity index (χ4n) is 2.62. The second-order valence-corrected chi connectivity index (χ2v) is 6.35. The second kappa shape index (κ2) is 8.69. The number of rotatable bonds is 8. The summed E-state index contributed by atoms with van der Waals surface area (Å²) in [4.78, 5) is 26.4. The van der Waals surface area contributed by atoms with E-state index >= 15 is 0 Å². The number of carbonyl (C=O) groups excluding carboxylic acids is 1. The highest BCUT2D eigenvalue weighted by Crippen LogP contribution is 2.26. The summed E-state index contributed by atoms with van der Waals surface area (Å²) in [5.74, 6) is -0.325. The van der Waals surface area contributed by atoms with Gasteiger partial charge in [0.25, 0.3) is 0 Å². The number of aromatic nitrogens is 4. The molecule has 152 valence electrons. The van der Waals surface area contributed by atoms with Crippen molar-refractivity contribution in [3.63, 3.8) is 0 Å². The summed E-state index contributed by atoms with van der Waals surface area (Å²) in [7, 11) is 1.58. The highest BCUT2D eigenvalue weighted by molar-refractivity contribution is 6.33. The summed E-state index contributed by atoms with van der Waals surface area (Å²) in [6.07, 6.45) is 0.561. The SMILES string of the molecule is COc1ccccc1CCNC(=O)c1nc(Cn2nc([N+](=O)[O-])c(Cl)c2C)no1. The number of nitro groups is 1. The number of nitrogens with one attached hydrogen (secondary N) is 1. The quantitative estimate of drug-likeness (QED) is 0.432. The molecule has 0 fully saturated rings. The van der Waals surface area contributed by atoms with Crippen LogP contribution in [0.25, 0.3) is 0 Å². The molecule has 0 atom stereocenters. The second-order valence-electron chi connectivity index (χ2n) is 5.97. The molecular formula is C17H17ClN6O5. The summed E-state index contributed by atoms with van der Waals surface area (Å²) in [6.45, 7) is 1.89. The van der Waals surface area contributed by atoms with Gasteiger partial charge in [-0.3, -0.25) is 4.79 Å². The first kappa shape index (κ1) is 20.3. The summed E-state index contributed by atoms with van der Waals surface area (Å²) in [5.41, 5.74) is 1.33. The van der Waals surface area contributed by atoms with Crippen molar-refractivity contribution in [2.75, 3.05) is 13.7 Å². The fourth-order valence-corrected chi connectivity index (χ4v) is 2.82. The van der Waals surface area contributed by atoms with Crippen LogP contribution in [0.1, 0.15) is 27.8 Å². The minimum atomic E-state index is -0.678. The minimum Gasteiger partial charge on any atom is -0.496 e. The number of para-hydroxylation sites is 1. The Kier molecular flexibility index (Phi) is 6.07. The molecule has 1 aromatic carbocycles. The van der Waals surface area contributed by atoms with Gasteiger partial charge < -0.3 is 24.7 Å². The van der Waals surface area contributed by atoms with Gasteiger partial charge in [0.1, 0.15) is 12.3 Å². The maximum atomic E-state index is 12.2. The smallest absolute Gasteiger partial charge is 0.408 e. The summed E-state index contributed by atoms with van der Waals surface area (Å²) >= 11 is 5.90. The fraction of sp³-hybridized carbons (Fsp3) is 0.294. The van der Waals surface area contributed by atoms with Crippen LogP contribution in [0.3, 0.4) is 0 Å². The van der Waals surface area contributed by atoms with Crippen LogP contribution < -0.4 is 10.1 Å². The van der Waals surface area contributed by atoms with Crippen molar-refractivity contribution >= 4 is 23.3 Å². The van der Waals surface area contributed by atoms with Gasteiger partial charge in [0.2, 0.25) is 0 Å². The first-order chi connectivity index (χ1) is 13.9. The lowest BCUT2D eigenvalue weighted by molar-refractivity contribution is -0.389. The molecule has 0 aliphatic heterocycles. The van der Waals surface area contributed by atoms with Gasteiger partial charge in [0.05, 0.1) is 17.9 Å². The van der Waals surface area contributed by atoms with Gasteiger partial charge in [-0.2, -0.15) is 9.67 Å². The van der Waals surface area contributed by atoms with E-state index in [9.17, 15) is 14.9 Å².